The van der Waals surface area contributed by atoms with Crippen molar-refractivity contribution in [3.8, 4) is 11.4 Å². The lowest BCUT2D eigenvalue weighted by atomic mass is 10.2. The average molecular weight is 375 g/mol. The molecule has 0 atom stereocenters. The van der Waals surface area contributed by atoms with Crippen LogP contribution >= 0.6 is 23.2 Å². The quantitative estimate of drug-likeness (QED) is 0.704. The lowest BCUT2D eigenvalue weighted by molar-refractivity contribution is 0.102. The van der Waals surface area contributed by atoms with E-state index in [1.807, 2.05) is 16.8 Å². The molecule has 9 heteroatoms. The fourth-order valence-corrected chi connectivity index (χ4v) is 2.86. The van der Waals surface area contributed by atoms with Crippen molar-refractivity contribution in [2.75, 3.05) is 5.32 Å². The number of tetrazole rings is 1. The van der Waals surface area contributed by atoms with Gasteiger partial charge in [-0.3, -0.25) is 4.79 Å². The van der Waals surface area contributed by atoms with Gasteiger partial charge in [0.2, 0.25) is 0 Å². The number of rotatable bonds is 4. The molecule has 1 amide bonds. The van der Waals surface area contributed by atoms with Gasteiger partial charge in [-0.2, -0.15) is 0 Å². The molecule has 0 bridgehead atoms. The maximum absolute atomic E-state index is 12.3. The Kier molecular flexibility index (Phi) is 4.10. The molecule has 0 spiro atoms. The van der Waals surface area contributed by atoms with E-state index < -0.39 is 0 Å². The zero-order valence-corrected chi connectivity index (χ0v) is 14.4. The second-order valence-electron chi connectivity index (χ2n) is 5.68. The van der Waals surface area contributed by atoms with Crippen LogP contribution in [0.15, 0.2) is 36.4 Å². The van der Waals surface area contributed by atoms with Crippen LogP contribution in [0.25, 0.3) is 11.4 Å². The highest BCUT2D eigenvalue weighted by atomic mass is 35.5. The predicted octanol–water partition coefficient (Wildman–Crippen LogP) is 3.63. The van der Waals surface area contributed by atoms with Crippen molar-refractivity contribution >= 4 is 34.8 Å². The Balaban J connectivity index is 1.52. The van der Waals surface area contributed by atoms with Gasteiger partial charge in [0.25, 0.3) is 5.91 Å². The summed E-state index contributed by atoms with van der Waals surface area (Å²) in [7, 11) is 0. The highest BCUT2D eigenvalue weighted by Crippen LogP contribution is 2.36. The van der Waals surface area contributed by atoms with E-state index in [1.54, 1.807) is 12.1 Å². The molecule has 1 aliphatic carbocycles. The smallest absolute Gasteiger partial charge is 0.258 e. The van der Waals surface area contributed by atoms with Crippen LogP contribution in [0, 0.1) is 0 Å². The summed E-state index contributed by atoms with van der Waals surface area (Å²) in [5, 5.41) is 14.9. The Labute approximate surface area is 153 Å². The number of nitrogens with zero attached hydrogens (tertiary/aromatic N) is 5. The van der Waals surface area contributed by atoms with Crippen LogP contribution in [0.5, 0.6) is 0 Å². The molecule has 2 aromatic heterocycles. The van der Waals surface area contributed by atoms with Gasteiger partial charge in [-0.25, -0.2) is 9.67 Å². The number of pyridine rings is 1. The molecule has 4 rings (SSSR count). The van der Waals surface area contributed by atoms with E-state index in [2.05, 4.69) is 25.8 Å². The third-order valence-electron chi connectivity index (χ3n) is 3.85. The minimum atomic E-state index is -0.357. The first-order valence-electron chi connectivity index (χ1n) is 7.63. The van der Waals surface area contributed by atoms with Crippen LogP contribution in [0.2, 0.25) is 10.3 Å². The number of anilines is 1. The molecule has 3 aromatic rings. The van der Waals surface area contributed by atoms with Crippen LogP contribution in [0.4, 0.5) is 5.69 Å². The highest BCUT2D eigenvalue weighted by molar-refractivity contribution is 6.35. The lowest BCUT2D eigenvalue weighted by Crippen LogP contribution is -2.13. The first-order valence-corrected chi connectivity index (χ1v) is 8.39. The largest absolute Gasteiger partial charge is 0.322 e. The number of hydrogen-bond acceptors (Lipinski definition) is 5. The fraction of sp³-hybridized carbons (Fsp3) is 0.188. The van der Waals surface area contributed by atoms with E-state index in [0.717, 1.165) is 24.2 Å². The second-order valence-corrected chi connectivity index (χ2v) is 6.43. The van der Waals surface area contributed by atoms with E-state index in [4.69, 9.17) is 23.2 Å². The fourth-order valence-electron chi connectivity index (χ4n) is 2.43. The molecule has 1 aromatic carbocycles. The Hall–Kier alpha value is -2.51. The van der Waals surface area contributed by atoms with Crippen LogP contribution in [-0.2, 0) is 0 Å². The van der Waals surface area contributed by atoms with Crippen molar-refractivity contribution in [1.82, 2.24) is 25.2 Å². The summed E-state index contributed by atoms with van der Waals surface area (Å²) in [5.74, 6) is 0.370. The van der Waals surface area contributed by atoms with Gasteiger partial charge in [-0.05, 0) is 59.7 Å². The monoisotopic (exact) mass is 374 g/mol. The van der Waals surface area contributed by atoms with Crippen LogP contribution in [0.1, 0.15) is 29.2 Å². The summed E-state index contributed by atoms with van der Waals surface area (Å²) in [6, 6.07) is 10.7. The lowest BCUT2D eigenvalue weighted by Gasteiger charge is -2.08. The summed E-state index contributed by atoms with van der Waals surface area (Å²) in [5.41, 5.74) is 1.78. The van der Waals surface area contributed by atoms with Gasteiger partial charge < -0.3 is 5.32 Å². The molecule has 1 saturated carbocycles. The van der Waals surface area contributed by atoms with Gasteiger partial charge in [-0.15, -0.1) is 5.10 Å². The molecule has 2 heterocycles. The molecule has 1 aliphatic rings. The number of benzene rings is 1. The molecular weight excluding hydrogens is 363 g/mol. The molecule has 1 fully saturated rings. The zero-order chi connectivity index (χ0) is 17.4. The Morgan fingerprint density at radius 1 is 1.12 bits per heavy atom. The van der Waals surface area contributed by atoms with Crippen molar-refractivity contribution in [3.63, 3.8) is 0 Å². The third kappa shape index (κ3) is 3.33. The van der Waals surface area contributed by atoms with Gasteiger partial charge in [-0.1, -0.05) is 23.2 Å². The Morgan fingerprint density at radius 2 is 1.88 bits per heavy atom. The number of amides is 1. The Morgan fingerprint density at radius 3 is 2.56 bits per heavy atom. The summed E-state index contributed by atoms with van der Waals surface area (Å²) in [6.07, 6.45) is 2.20. The maximum atomic E-state index is 12.3. The number of carbonyl (C=O) groups is 1. The maximum Gasteiger partial charge on any atom is 0.258 e. The molecule has 126 valence electrons. The van der Waals surface area contributed by atoms with Gasteiger partial charge in [0.15, 0.2) is 5.82 Å². The normalized spacial score (nSPS) is 13.7. The van der Waals surface area contributed by atoms with Crippen LogP contribution in [0.3, 0.4) is 0 Å². The molecule has 0 aliphatic heterocycles. The van der Waals surface area contributed by atoms with Crippen molar-refractivity contribution < 1.29 is 4.79 Å². The number of hydrogen-bond donors (Lipinski definition) is 1. The minimum Gasteiger partial charge on any atom is -0.322 e. The van der Waals surface area contributed by atoms with Crippen molar-refractivity contribution in [2.24, 2.45) is 0 Å². The molecule has 7 nitrogen and oxygen atoms in total. The Bertz CT molecular complexity index is 936. The van der Waals surface area contributed by atoms with Crippen molar-refractivity contribution in [2.45, 2.75) is 18.9 Å². The number of aromatic nitrogens is 5. The summed E-state index contributed by atoms with van der Waals surface area (Å²) >= 11 is 11.7. The summed E-state index contributed by atoms with van der Waals surface area (Å²) < 4.78 is 1.84. The minimum absolute atomic E-state index is 0.0604. The van der Waals surface area contributed by atoms with Crippen LogP contribution < -0.4 is 5.32 Å². The van der Waals surface area contributed by atoms with E-state index in [-0.39, 0.29) is 21.8 Å². The van der Waals surface area contributed by atoms with Gasteiger partial charge in [0.05, 0.1) is 11.6 Å². The summed E-state index contributed by atoms with van der Waals surface area (Å²) in [6.45, 7) is 0. The zero-order valence-electron chi connectivity index (χ0n) is 12.9. The highest BCUT2D eigenvalue weighted by Gasteiger charge is 2.28. The summed E-state index contributed by atoms with van der Waals surface area (Å²) in [4.78, 5) is 16.2. The van der Waals surface area contributed by atoms with E-state index in [0.29, 0.717) is 11.7 Å². The van der Waals surface area contributed by atoms with Crippen molar-refractivity contribution in [1.29, 1.82) is 0 Å². The van der Waals surface area contributed by atoms with Gasteiger partial charge in [0.1, 0.15) is 10.3 Å². The molecule has 0 unspecified atom stereocenters. The SMILES string of the molecule is O=C(Nc1ccc(-c2nnnn2C2CC2)cc1)c1ccc(Cl)nc1Cl. The van der Waals surface area contributed by atoms with Crippen molar-refractivity contribution in [3.05, 3.63) is 52.3 Å². The molecule has 0 radical (unpaired) electrons. The third-order valence-corrected chi connectivity index (χ3v) is 4.34. The average Bonchev–Trinajstić information content (AvgIpc) is 3.32. The van der Waals surface area contributed by atoms with Crippen LogP contribution in [-0.4, -0.2) is 31.1 Å². The first kappa shape index (κ1) is 16.0. The first-order chi connectivity index (χ1) is 12.1. The number of halogens is 2. The van der Waals surface area contributed by atoms with E-state index in [1.165, 1.54) is 12.1 Å². The molecule has 1 N–H and O–H groups in total. The molecule has 25 heavy (non-hydrogen) atoms. The standard InChI is InChI=1S/C16H12Cl2N6O/c17-13-8-7-12(14(18)20-13)16(25)19-10-3-1-9(2-4-10)15-21-22-23-24(15)11-5-6-11/h1-4,7-8,11H,5-6H2,(H,19,25). The topological polar surface area (TPSA) is 85.6 Å². The van der Waals surface area contributed by atoms with E-state index >= 15 is 0 Å². The second kappa shape index (κ2) is 6.42. The molecular formula is C16H12Cl2N6O. The number of nitrogens with one attached hydrogen (secondary N) is 1. The van der Waals surface area contributed by atoms with E-state index in [9.17, 15) is 4.79 Å². The number of carbonyl (C=O) groups excluding carboxylic acids is 1. The predicted molar refractivity (Wildman–Crippen MR) is 93.7 cm³/mol. The molecule has 0 saturated heterocycles. The van der Waals surface area contributed by atoms with Gasteiger partial charge >= 0.3 is 0 Å². The van der Waals surface area contributed by atoms with Gasteiger partial charge in [0, 0.05) is 11.3 Å².